The minimum absolute atomic E-state index is 0.196. The maximum atomic E-state index is 12.2. The van der Waals surface area contributed by atoms with E-state index in [4.69, 9.17) is 5.73 Å². The third kappa shape index (κ3) is 2.84. The fourth-order valence-electron chi connectivity index (χ4n) is 1.01. The van der Waals surface area contributed by atoms with E-state index in [0.717, 1.165) is 17.7 Å². The third-order valence-electron chi connectivity index (χ3n) is 1.83. The number of nitrogens with two attached hydrogens (primary N) is 1. The van der Waals surface area contributed by atoms with Gasteiger partial charge in [0, 0.05) is 10.5 Å². The van der Waals surface area contributed by atoms with Gasteiger partial charge in [-0.15, -0.1) is 0 Å². The third-order valence-corrected chi connectivity index (χ3v) is 2.78. The molecule has 0 radical (unpaired) electrons. The molecular formula is C9H9F3IN. The zero-order valence-electron chi connectivity index (χ0n) is 7.18. The van der Waals surface area contributed by atoms with E-state index in [0.29, 0.717) is 4.43 Å². The van der Waals surface area contributed by atoms with Crippen LogP contribution in [0.15, 0.2) is 24.3 Å². The number of hydrogen-bond donors (Lipinski definition) is 1. The molecule has 1 aromatic rings. The Morgan fingerprint density at radius 1 is 1.21 bits per heavy atom. The zero-order valence-corrected chi connectivity index (χ0v) is 9.34. The van der Waals surface area contributed by atoms with Crippen LogP contribution in [0.2, 0.25) is 0 Å². The molecule has 2 N–H and O–H groups in total. The predicted molar refractivity (Wildman–Crippen MR) is 57.3 cm³/mol. The van der Waals surface area contributed by atoms with Gasteiger partial charge in [0.2, 0.25) is 0 Å². The molecule has 1 aromatic carbocycles. The van der Waals surface area contributed by atoms with Crippen molar-refractivity contribution >= 4 is 22.6 Å². The summed E-state index contributed by atoms with van der Waals surface area (Å²) in [6.45, 7) is 0. The first kappa shape index (κ1) is 11.8. The van der Waals surface area contributed by atoms with Gasteiger partial charge in [-0.25, -0.2) is 0 Å². The van der Waals surface area contributed by atoms with Crippen LogP contribution in [0.5, 0.6) is 0 Å². The molecule has 0 aliphatic rings. The van der Waals surface area contributed by atoms with Gasteiger partial charge in [0.25, 0.3) is 0 Å². The zero-order chi connectivity index (χ0) is 10.8. The smallest absolute Gasteiger partial charge is 0.323 e. The molecule has 1 unspecified atom stereocenters. The van der Waals surface area contributed by atoms with Gasteiger partial charge in [-0.3, -0.25) is 0 Å². The summed E-state index contributed by atoms with van der Waals surface area (Å²) < 4.78 is 37.2. The number of rotatable bonds is 2. The van der Waals surface area contributed by atoms with E-state index < -0.39 is 11.7 Å². The fourth-order valence-corrected chi connectivity index (χ4v) is 1.52. The quantitative estimate of drug-likeness (QED) is 0.658. The highest BCUT2D eigenvalue weighted by Crippen LogP contribution is 2.29. The molecule has 0 saturated heterocycles. The molecular weight excluding hydrogens is 306 g/mol. The molecule has 0 saturated carbocycles. The van der Waals surface area contributed by atoms with E-state index in [2.05, 4.69) is 22.6 Å². The van der Waals surface area contributed by atoms with Crippen molar-refractivity contribution in [3.8, 4) is 0 Å². The summed E-state index contributed by atoms with van der Waals surface area (Å²) in [5.74, 6) is 0. The van der Waals surface area contributed by atoms with Crippen LogP contribution in [0.4, 0.5) is 13.2 Å². The topological polar surface area (TPSA) is 26.0 Å². The summed E-state index contributed by atoms with van der Waals surface area (Å²) >= 11 is 2.09. The van der Waals surface area contributed by atoms with Gasteiger partial charge in [-0.05, 0) is 17.7 Å². The van der Waals surface area contributed by atoms with Gasteiger partial charge in [0.1, 0.15) is 0 Å². The summed E-state index contributed by atoms with van der Waals surface area (Å²) in [7, 11) is 0. The van der Waals surface area contributed by atoms with Gasteiger partial charge >= 0.3 is 6.18 Å². The average molecular weight is 315 g/mol. The molecule has 1 rings (SSSR count). The van der Waals surface area contributed by atoms with Crippen molar-refractivity contribution in [2.24, 2.45) is 5.73 Å². The van der Waals surface area contributed by atoms with Crippen LogP contribution in [0.1, 0.15) is 17.2 Å². The molecule has 0 spiro atoms. The highest BCUT2D eigenvalue weighted by molar-refractivity contribution is 14.1. The molecule has 0 heterocycles. The first-order valence-electron chi connectivity index (χ1n) is 3.94. The van der Waals surface area contributed by atoms with Gasteiger partial charge in [-0.1, -0.05) is 34.7 Å². The Morgan fingerprint density at radius 2 is 1.71 bits per heavy atom. The first-order chi connectivity index (χ1) is 6.45. The molecule has 0 aliphatic carbocycles. The lowest BCUT2D eigenvalue weighted by atomic mass is 10.1. The Morgan fingerprint density at radius 3 is 2.07 bits per heavy atom. The molecule has 0 bridgehead atoms. The number of alkyl halides is 4. The van der Waals surface area contributed by atoms with Crippen LogP contribution >= 0.6 is 22.6 Å². The molecule has 1 atom stereocenters. The Hall–Kier alpha value is -0.300. The van der Waals surface area contributed by atoms with Crippen molar-refractivity contribution in [3.05, 3.63) is 35.4 Å². The Labute approximate surface area is 93.6 Å². The Balaban J connectivity index is 2.89. The van der Waals surface area contributed by atoms with E-state index in [-0.39, 0.29) is 6.04 Å². The SMILES string of the molecule is NC(CI)c1ccc(C(F)(F)F)cc1. The summed E-state index contributed by atoms with van der Waals surface area (Å²) in [5, 5.41) is 0. The Kier molecular flexibility index (Phi) is 3.77. The number of benzene rings is 1. The van der Waals surface area contributed by atoms with E-state index in [1.807, 2.05) is 0 Å². The second kappa shape index (κ2) is 4.48. The molecule has 1 nitrogen and oxygen atoms in total. The van der Waals surface area contributed by atoms with Crippen LogP contribution in [-0.2, 0) is 6.18 Å². The van der Waals surface area contributed by atoms with Crippen LogP contribution in [0.25, 0.3) is 0 Å². The lowest BCUT2D eigenvalue weighted by molar-refractivity contribution is -0.137. The number of hydrogen-bond acceptors (Lipinski definition) is 1. The van der Waals surface area contributed by atoms with Crippen molar-refractivity contribution < 1.29 is 13.2 Å². The molecule has 0 aliphatic heterocycles. The predicted octanol–water partition coefficient (Wildman–Crippen LogP) is 3.14. The van der Waals surface area contributed by atoms with E-state index >= 15 is 0 Å². The summed E-state index contributed by atoms with van der Waals surface area (Å²) in [6, 6.07) is 4.76. The van der Waals surface area contributed by atoms with Crippen molar-refractivity contribution in [2.45, 2.75) is 12.2 Å². The standard InChI is InChI=1S/C9H9F3IN/c10-9(11,12)7-3-1-6(2-4-7)8(14)5-13/h1-4,8H,5,14H2. The second-order valence-corrected chi connectivity index (χ2v) is 3.76. The largest absolute Gasteiger partial charge is 0.416 e. The van der Waals surface area contributed by atoms with Gasteiger partial charge in [0.15, 0.2) is 0 Å². The van der Waals surface area contributed by atoms with E-state index in [9.17, 15) is 13.2 Å². The normalized spacial score (nSPS) is 14.1. The van der Waals surface area contributed by atoms with Crippen molar-refractivity contribution in [1.29, 1.82) is 0 Å². The van der Waals surface area contributed by atoms with Crippen LogP contribution in [0.3, 0.4) is 0 Å². The summed E-state index contributed by atoms with van der Waals surface area (Å²) in [4.78, 5) is 0. The van der Waals surface area contributed by atoms with Crippen molar-refractivity contribution in [3.63, 3.8) is 0 Å². The van der Waals surface area contributed by atoms with Crippen LogP contribution < -0.4 is 5.73 Å². The van der Waals surface area contributed by atoms with Gasteiger partial charge in [-0.2, -0.15) is 13.2 Å². The molecule has 5 heteroatoms. The minimum Gasteiger partial charge on any atom is -0.323 e. The molecule has 0 amide bonds. The molecule has 0 aromatic heterocycles. The minimum atomic E-state index is -4.27. The lowest BCUT2D eigenvalue weighted by Gasteiger charge is -2.10. The van der Waals surface area contributed by atoms with Gasteiger partial charge in [0.05, 0.1) is 5.56 Å². The fraction of sp³-hybridized carbons (Fsp3) is 0.333. The summed E-state index contributed by atoms with van der Waals surface area (Å²) in [5.41, 5.74) is 5.76. The van der Waals surface area contributed by atoms with Crippen molar-refractivity contribution in [1.82, 2.24) is 0 Å². The average Bonchev–Trinajstić information content (AvgIpc) is 2.15. The monoisotopic (exact) mass is 315 g/mol. The maximum absolute atomic E-state index is 12.2. The Bertz CT molecular complexity index is 294. The van der Waals surface area contributed by atoms with Gasteiger partial charge < -0.3 is 5.73 Å². The first-order valence-corrected chi connectivity index (χ1v) is 5.46. The second-order valence-electron chi connectivity index (χ2n) is 2.88. The number of halogens is 4. The maximum Gasteiger partial charge on any atom is 0.416 e. The molecule has 78 valence electrons. The lowest BCUT2D eigenvalue weighted by Crippen LogP contribution is -2.12. The van der Waals surface area contributed by atoms with Crippen molar-refractivity contribution in [2.75, 3.05) is 4.43 Å². The summed E-state index contributed by atoms with van der Waals surface area (Å²) in [6.07, 6.45) is -4.27. The van der Waals surface area contributed by atoms with E-state index in [1.165, 1.54) is 12.1 Å². The van der Waals surface area contributed by atoms with Crippen LogP contribution in [-0.4, -0.2) is 4.43 Å². The molecule has 14 heavy (non-hydrogen) atoms. The van der Waals surface area contributed by atoms with E-state index in [1.54, 1.807) is 0 Å². The highest BCUT2D eigenvalue weighted by atomic mass is 127. The van der Waals surface area contributed by atoms with Crippen LogP contribution in [0, 0.1) is 0 Å². The molecule has 0 fully saturated rings. The highest BCUT2D eigenvalue weighted by Gasteiger charge is 2.30.